The number of nitrogens with one attached hydrogen (secondary N) is 2. The van der Waals surface area contributed by atoms with Crippen LogP contribution in [0.15, 0.2) is 60.7 Å². The van der Waals surface area contributed by atoms with Crippen molar-refractivity contribution in [2.24, 2.45) is 5.41 Å². The number of hydrogen-bond acceptors (Lipinski definition) is 11. The van der Waals surface area contributed by atoms with Crippen molar-refractivity contribution in [3.63, 3.8) is 0 Å². The highest BCUT2D eigenvalue weighted by molar-refractivity contribution is 8.77. The fraction of sp³-hybridized carbons (Fsp3) is 0.595. The van der Waals surface area contributed by atoms with Gasteiger partial charge >= 0.3 is 18.2 Å². The van der Waals surface area contributed by atoms with Crippen molar-refractivity contribution in [3.05, 3.63) is 71.8 Å². The summed E-state index contributed by atoms with van der Waals surface area (Å²) in [7, 11) is -1.23. The fourth-order valence-corrected chi connectivity index (χ4v) is 8.53. The minimum Gasteiger partial charge on any atom is -0.458 e. The molecule has 51 heavy (non-hydrogen) atoms. The third-order valence-electron chi connectivity index (χ3n) is 6.68. The molecule has 0 heterocycles. The van der Waals surface area contributed by atoms with Crippen molar-refractivity contribution < 1.29 is 41.2 Å². The molecule has 0 aliphatic heterocycles. The van der Waals surface area contributed by atoms with Gasteiger partial charge < -0.3 is 24.8 Å². The quantitative estimate of drug-likeness (QED) is 0.0666. The summed E-state index contributed by atoms with van der Waals surface area (Å²) in [5.41, 5.74) is -0.0695. The summed E-state index contributed by atoms with van der Waals surface area (Å²) in [4.78, 5) is 39.1. The molecule has 0 radical (unpaired) electrons. The number of rotatable bonds is 18. The molecular weight excluding hydrogens is 713 g/mol. The Morgan fingerprint density at radius 2 is 1.31 bits per heavy atom. The lowest BCUT2D eigenvalue weighted by atomic mass is 9.99. The molecule has 0 aromatic heterocycles. The Kier molecular flexibility index (Phi) is 17.6. The number of carbonyl (C=O) groups excluding carboxylic acids is 3. The van der Waals surface area contributed by atoms with Crippen molar-refractivity contribution in [1.29, 1.82) is 0 Å². The number of carbonyl (C=O) groups is 3. The van der Waals surface area contributed by atoms with Gasteiger partial charge in [0.05, 0.1) is 12.4 Å². The van der Waals surface area contributed by atoms with E-state index >= 15 is 0 Å². The highest BCUT2D eigenvalue weighted by atomic mass is 33.1. The molecule has 0 fully saturated rings. The fourth-order valence-electron chi connectivity index (χ4n) is 4.32. The zero-order valence-electron chi connectivity index (χ0n) is 31.4. The molecule has 2 N–H and O–H groups in total. The molecule has 0 aliphatic rings. The van der Waals surface area contributed by atoms with Gasteiger partial charge in [-0.15, -0.1) is 0 Å². The average molecular weight is 769 g/mol. The summed E-state index contributed by atoms with van der Waals surface area (Å²) in [5.74, 6) is -0.845. The molecular formula is C37H56N2O9S3. The molecule has 0 saturated heterocycles. The maximum Gasteiger partial charge on any atom is 0.408 e. The number of alkyl carbamates (subject to hydrolysis) is 2. The first-order chi connectivity index (χ1) is 23.6. The highest BCUT2D eigenvalue weighted by Gasteiger charge is 2.32. The van der Waals surface area contributed by atoms with Crippen LogP contribution >= 0.6 is 21.6 Å². The zero-order valence-corrected chi connectivity index (χ0v) is 33.8. The molecule has 11 nitrogen and oxygen atoms in total. The number of amides is 2. The van der Waals surface area contributed by atoms with E-state index in [0.29, 0.717) is 12.8 Å². The van der Waals surface area contributed by atoms with Crippen molar-refractivity contribution >= 4 is 49.9 Å². The van der Waals surface area contributed by atoms with E-state index < -0.39 is 51.6 Å². The Labute approximate surface area is 312 Å². The highest BCUT2D eigenvalue weighted by Crippen LogP contribution is 2.34. The first kappa shape index (κ1) is 44.2. The first-order valence-electron chi connectivity index (χ1n) is 17.0. The second-order valence-corrected chi connectivity index (χ2v) is 19.8. The lowest BCUT2D eigenvalue weighted by molar-refractivity contribution is -0.156. The van der Waals surface area contributed by atoms with Crippen LogP contribution in [-0.2, 0) is 46.3 Å². The molecule has 286 valence electrons. The van der Waals surface area contributed by atoms with Crippen LogP contribution in [0.5, 0.6) is 0 Å². The maximum atomic E-state index is 13.2. The van der Waals surface area contributed by atoms with E-state index in [1.54, 1.807) is 41.5 Å². The molecule has 0 bridgehead atoms. The van der Waals surface area contributed by atoms with Crippen LogP contribution in [0, 0.1) is 5.41 Å². The van der Waals surface area contributed by atoms with E-state index in [1.165, 1.54) is 21.6 Å². The second kappa shape index (κ2) is 20.3. The van der Waals surface area contributed by atoms with Crippen LogP contribution < -0.4 is 10.6 Å². The van der Waals surface area contributed by atoms with Gasteiger partial charge in [-0.1, -0.05) is 103 Å². The summed E-state index contributed by atoms with van der Waals surface area (Å²) in [6.07, 6.45) is -0.220. The lowest BCUT2D eigenvalue weighted by Gasteiger charge is -2.29. The smallest absolute Gasteiger partial charge is 0.408 e. The van der Waals surface area contributed by atoms with Crippen molar-refractivity contribution in [2.75, 3.05) is 18.1 Å². The second-order valence-electron chi connectivity index (χ2n) is 15.4. The number of aryl methyl sites for hydroxylation is 1. The van der Waals surface area contributed by atoms with Gasteiger partial charge in [-0.2, -0.15) is 8.42 Å². The first-order valence-corrected chi connectivity index (χ1v) is 21.0. The summed E-state index contributed by atoms with van der Waals surface area (Å²) in [5, 5.41) is 5.21. The molecule has 3 atom stereocenters. The minimum atomic E-state index is -3.92. The van der Waals surface area contributed by atoms with E-state index in [-0.39, 0.29) is 41.8 Å². The van der Waals surface area contributed by atoms with Gasteiger partial charge in [0.1, 0.15) is 23.9 Å². The molecule has 14 heteroatoms. The predicted molar refractivity (Wildman–Crippen MR) is 205 cm³/mol. The molecule has 0 saturated carbocycles. The minimum absolute atomic E-state index is 0.0191. The van der Waals surface area contributed by atoms with Gasteiger partial charge in [0.2, 0.25) is 0 Å². The average Bonchev–Trinajstić information content (AvgIpc) is 3.01. The molecule has 2 rings (SSSR count). The lowest BCUT2D eigenvalue weighted by Crippen LogP contribution is -2.47. The molecule has 0 spiro atoms. The van der Waals surface area contributed by atoms with Crippen LogP contribution in [0.2, 0.25) is 0 Å². The monoisotopic (exact) mass is 768 g/mol. The van der Waals surface area contributed by atoms with E-state index in [1.807, 2.05) is 81.4 Å². The van der Waals surface area contributed by atoms with Gasteiger partial charge in [-0.25, -0.2) is 14.4 Å². The van der Waals surface area contributed by atoms with Crippen molar-refractivity contribution in [1.82, 2.24) is 10.6 Å². The third kappa shape index (κ3) is 20.6. The number of esters is 1. The summed E-state index contributed by atoms with van der Waals surface area (Å²) in [6.45, 7) is 16.1. The van der Waals surface area contributed by atoms with Crippen LogP contribution in [0.1, 0.15) is 86.3 Å². The predicted octanol–water partition coefficient (Wildman–Crippen LogP) is 7.68. The van der Waals surface area contributed by atoms with Gasteiger partial charge in [-0.05, 0) is 77.3 Å². The Hall–Kier alpha value is -2.94. The zero-order chi connectivity index (χ0) is 38.3. The van der Waals surface area contributed by atoms with Crippen molar-refractivity contribution in [2.45, 2.75) is 117 Å². The summed E-state index contributed by atoms with van der Waals surface area (Å²) < 4.78 is 47.8. The molecule has 2 aromatic rings. The maximum absolute atomic E-state index is 13.2. The Morgan fingerprint density at radius 3 is 1.86 bits per heavy atom. The summed E-state index contributed by atoms with van der Waals surface area (Å²) in [6, 6.07) is 17.3. The molecule has 2 amide bonds. The van der Waals surface area contributed by atoms with Gasteiger partial charge in [-0.3, -0.25) is 4.18 Å². The summed E-state index contributed by atoms with van der Waals surface area (Å²) >= 11 is 0. The topological polar surface area (TPSA) is 146 Å². The third-order valence-corrected chi connectivity index (χ3v) is 10.9. The number of ether oxygens (including phenoxy) is 3. The van der Waals surface area contributed by atoms with E-state index in [4.69, 9.17) is 18.4 Å². The Balaban J connectivity index is 2.33. The van der Waals surface area contributed by atoms with Gasteiger partial charge in [0, 0.05) is 17.0 Å². The Morgan fingerprint density at radius 1 is 0.745 bits per heavy atom. The normalized spacial score (nSPS) is 14.1. The van der Waals surface area contributed by atoms with E-state index in [2.05, 4.69) is 10.6 Å². The molecule has 2 aromatic carbocycles. The van der Waals surface area contributed by atoms with Gasteiger partial charge in [0.15, 0.2) is 0 Å². The van der Waals surface area contributed by atoms with Crippen molar-refractivity contribution in [3.8, 4) is 0 Å². The van der Waals surface area contributed by atoms with E-state index in [0.717, 1.165) is 11.1 Å². The van der Waals surface area contributed by atoms with Crippen LogP contribution in [-0.4, -0.2) is 73.2 Å². The largest absolute Gasteiger partial charge is 0.458 e. The number of benzene rings is 2. The number of hydrogen-bond donors (Lipinski definition) is 2. The van der Waals surface area contributed by atoms with Crippen LogP contribution in [0.25, 0.3) is 0 Å². The molecule has 0 unspecified atom stereocenters. The van der Waals surface area contributed by atoms with Gasteiger partial charge in [0.25, 0.3) is 10.1 Å². The van der Waals surface area contributed by atoms with Crippen LogP contribution in [0.3, 0.4) is 0 Å². The standard InChI is InChI=1S/C37H56N2O9S3/c1-35(2,3)26-46-51(43,44)23-22-29(38-33(41)45-24-28-18-14-11-15-19-28)31(21-20-27-16-12-10-13-17-27)50-49-25-30(32(40)47-36(4,5)6)39-34(42)48-37(7,8)9/h10-19,29-31H,20-26H2,1-9H3,(H,38,41)(H,39,42)/t29-,30-,31-/m0/s1. The molecule has 0 aliphatic carbocycles. The Bertz CT molecular complexity index is 1470. The SMILES string of the molecule is CC(C)(C)COS(=O)(=O)CC[C@H](NC(=O)OCc1ccccc1)[C@H](CCc1ccccc1)SSC[C@H](NC(=O)OC(C)(C)C)C(=O)OC(C)(C)C. The van der Waals surface area contributed by atoms with E-state index in [9.17, 15) is 22.8 Å². The van der Waals surface area contributed by atoms with Crippen LogP contribution in [0.4, 0.5) is 9.59 Å².